The van der Waals surface area contributed by atoms with Crippen LogP contribution in [0.2, 0.25) is 0 Å². The van der Waals surface area contributed by atoms with Gasteiger partial charge in [-0.3, -0.25) is 9.59 Å². The van der Waals surface area contributed by atoms with Gasteiger partial charge in [0.15, 0.2) is 11.6 Å². The first kappa shape index (κ1) is 6.42. The molecule has 0 N–H and O–H groups in total. The van der Waals surface area contributed by atoms with Crippen molar-refractivity contribution >= 4 is 11.6 Å². The van der Waals surface area contributed by atoms with Crippen molar-refractivity contribution in [2.75, 3.05) is 0 Å². The highest BCUT2D eigenvalue weighted by Crippen LogP contribution is 2.22. The maximum absolute atomic E-state index is 10.4. The number of hydrogen-bond donors (Lipinski definition) is 0. The lowest BCUT2D eigenvalue weighted by Gasteiger charge is -1.79. The van der Waals surface area contributed by atoms with Gasteiger partial charge in [-0.25, -0.2) is 0 Å². The molecule has 0 aliphatic carbocycles. The Morgan fingerprint density at radius 3 is 1.56 bits per heavy atom. The first-order valence-corrected chi connectivity index (χ1v) is 2.79. The fraction of sp³-hybridized carbons (Fsp3) is 0.667. The third kappa shape index (κ3) is 1.16. The van der Waals surface area contributed by atoms with Gasteiger partial charge in [0.25, 0.3) is 0 Å². The van der Waals surface area contributed by atoms with Crippen molar-refractivity contribution < 1.29 is 14.3 Å². The zero-order chi connectivity index (χ0) is 7.02. The molecule has 0 spiro atoms. The second kappa shape index (κ2) is 1.92. The standard InChI is InChI=1S/C6H8O3/c1-3(7)5-6(9-5)4(2)8/h5-6H,1-2H3/t5-,6-/m0/s1. The van der Waals surface area contributed by atoms with Crippen LogP contribution < -0.4 is 0 Å². The molecule has 9 heavy (non-hydrogen) atoms. The van der Waals surface area contributed by atoms with Crippen molar-refractivity contribution in [3.05, 3.63) is 0 Å². The van der Waals surface area contributed by atoms with E-state index in [4.69, 9.17) is 4.74 Å². The molecule has 2 atom stereocenters. The number of Topliss-reactive ketones (excluding diaryl/α,β-unsaturated/α-hetero) is 2. The Kier molecular flexibility index (Phi) is 1.37. The SMILES string of the molecule is CC(=O)[C@@H]1O[C@H]1C(C)=O. The molecule has 0 unspecified atom stereocenters. The molecule has 1 rings (SSSR count). The van der Waals surface area contributed by atoms with Crippen molar-refractivity contribution in [2.24, 2.45) is 0 Å². The predicted octanol–water partition coefficient (Wildman–Crippen LogP) is -0.0682. The molecule has 1 heterocycles. The number of rotatable bonds is 2. The highest BCUT2D eigenvalue weighted by atomic mass is 16.6. The number of ketones is 2. The lowest BCUT2D eigenvalue weighted by atomic mass is 10.2. The van der Waals surface area contributed by atoms with Gasteiger partial charge in [0, 0.05) is 0 Å². The first-order valence-electron chi connectivity index (χ1n) is 2.79. The van der Waals surface area contributed by atoms with Crippen LogP contribution in [0.5, 0.6) is 0 Å². The Hall–Kier alpha value is -0.700. The topological polar surface area (TPSA) is 46.7 Å². The van der Waals surface area contributed by atoms with Crippen LogP contribution in [-0.2, 0) is 14.3 Å². The van der Waals surface area contributed by atoms with Gasteiger partial charge in [-0.05, 0) is 13.8 Å². The molecule has 0 aromatic carbocycles. The second-order valence-electron chi connectivity index (χ2n) is 2.20. The fourth-order valence-corrected chi connectivity index (χ4v) is 0.731. The Balaban J connectivity index is 2.42. The summed E-state index contributed by atoms with van der Waals surface area (Å²) >= 11 is 0. The van der Waals surface area contributed by atoms with Crippen LogP contribution in [0.15, 0.2) is 0 Å². The van der Waals surface area contributed by atoms with Gasteiger partial charge in [0.05, 0.1) is 0 Å². The summed E-state index contributed by atoms with van der Waals surface area (Å²) in [6, 6.07) is 0. The summed E-state index contributed by atoms with van der Waals surface area (Å²) in [5, 5.41) is 0. The maximum atomic E-state index is 10.4. The summed E-state index contributed by atoms with van der Waals surface area (Å²) < 4.78 is 4.74. The summed E-state index contributed by atoms with van der Waals surface area (Å²) in [5.74, 6) is -0.120. The van der Waals surface area contributed by atoms with Crippen molar-refractivity contribution in [3.8, 4) is 0 Å². The molecular weight excluding hydrogens is 120 g/mol. The van der Waals surface area contributed by atoms with Crippen molar-refractivity contribution in [2.45, 2.75) is 26.1 Å². The van der Waals surface area contributed by atoms with E-state index >= 15 is 0 Å². The molecule has 1 fully saturated rings. The second-order valence-corrected chi connectivity index (χ2v) is 2.20. The third-order valence-corrected chi connectivity index (χ3v) is 1.29. The minimum atomic E-state index is -0.428. The molecule has 3 nitrogen and oxygen atoms in total. The number of hydrogen-bond acceptors (Lipinski definition) is 3. The van der Waals surface area contributed by atoms with Crippen LogP contribution in [0.1, 0.15) is 13.8 Å². The van der Waals surface area contributed by atoms with E-state index < -0.39 is 12.2 Å². The van der Waals surface area contributed by atoms with Crippen LogP contribution >= 0.6 is 0 Å². The average Bonchev–Trinajstić information content (AvgIpc) is 2.39. The number of carbonyl (C=O) groups is 2. The molecular formula is C6H8O3. The molecule has 0 aromatic rings. The monoisotopic (exact) mass is 128 g/mol. The molecule has 0 bridgehead atoms. The Bertz CT molecular complexity index is 144. The predicted molar refractivity (Wildman–Crippen MR) is 30.0 cm³/mol. The van der Waals surface area contributed by atoms with E-state index in [9.17, 15) is 9.59 Å². The lowest BCUT2D eigenvalue weighted by molar-refractivity contribution is -0.120. The molecule has 1 saturated heterocycles. The van der Waals surface area contributed by atoms with E-state index in [0.29, 0.717) is 0 Å². The summed E-state index contributed by atoms with van der Waals surface area (Å²) in [7, 11) is 0. The van der Waals surface area contributed by atoms with E-state index in [-0.39, 0.29) is 11.6 Å². The molecule has 0 aromatic heterocycles. The highest BCUT2D eigenvalue weighted by Gasteiger charge is 2.45. The average molecular weight is 128 g/mol. The van der Waals surface area contributed by atoms with Gasteiger partial charge < -0.3 is 4.74 Å². The Labute approximate surface area is 53.0 Å². The van der Waals surface area contributed by atoms with E-state index in [1.54, 1.807) is 0 Å². The van der Waals surface area contributed by atoms with E-state index in [1.807, 2.05) is 0 Å². The molecule has 0 saturated carbocycles. The molecule has 3 heteroatoms. The maximum Gasteiger partial charge on any atom is 0.161 e. The molecule has 1 aliphatic rings. The first-order chi connectivity index (χ1) is 4.13. The van der Waals surface area contributed by atoms with Crippen molar-refractivity contribution in [1.82, 2.24) is 0 Å². The van der Waals surface area contributed by atoms with E-state index in [0.717, 1.165) is 0 Å². The van der Waals surface area contributed by atoms with Crippen LogP contribution in [0, 0.1) is 0 Å². The van der Waals surface area contributed by atoms with Crippen molar-refractivity contribution in [3.63, 3.8) is 0 Å². The highest BCUT2D eigenvalue weighted by molar-refractivity contribution is 5.94. The van der Waals surface area contributed by atoms with Crippen molar-refractivity contribution in [1.29, 1.82) is 0 Å². The van der Waals surface area contributed by atoms with Crippen LogP contribution in [0.3, 0.4) is 0 Å². The van der Waals surface area contributed by atoms with Gasteiger partial charge in [-0.15, -0.1) is 0 Å². The number of ether oxygens (including phenoxy) is 1. The molecule has 1 aliphatic heterocycles. The quantitative estimate of drug-likeness (QED) is 0.489. The van der Waals surface area contributed by atoms with Gasteiger partial charge >= 0.3 is 0 Å². The van der Waals surface area contributed by atoms with Gasteiger partial charge in [0.1, 0.15) is 12.2 Å². The van der Waals surface area contributed by atoms with Crippen LogP contribution in [0.25, 0.3) is 0 Å². The Morgan fingerprint density at radius 1 is 1.11 bits per heavy atom. The Morgan fingerprint density at radius 2 is 1.44 bits per heavy atom. The smallest absolute Gasteiger partial charge is 0.161 e. The summed E-state index contributed by atoms with van der Waals surface area (Å²) in [6.45, 7) is 2.85. The summed E-state index contributed by atoms with van der Waals surface area (Å²) in [5.41, 5.74) is 0. The zero-order valence-corrected chi connectivity index (χ0v) is 5.38. The normalized spacial score (nSPS) is 31.8. The van der Waals surface area contributed by atoms with Crippen LogP contribution in [0.4, 0.5) is 0 Å². The minimum Gasteiger partial charge on any atom is -0.353 e. The van der Waals surface area contributed by atoms with Crippen LogP contribution in [-0.4, -0.2) is 23.8 Å². The lowest BCUT2D eigenvalue weighted by Crippen LogP contribution is -2.10. The molecule has 0 radical (unpaired) electrons. The summed E-state index contributed by atoms with van der Waals surface area (Å²) in [6.07, 6.45) is -0.856. The third-order valence-electron chi connectivity index (χ3n) is 1.29. The van der Waals surface area contributed by atoms with E-state index in [1.165, 1.54) is 13.8 Å². The van der Waals surface area contributed by atoms with E-state index in [2.05, 4.69) is 0 Å². The molecule has 50 valence electrons. The zero-order valence-electron chi connectivity index (χ0n) is 5.38. The van der Waals surface area contributed by atoms with Gasteiger partial charge in [-0.1, -0.05) is 0 Å². The fourth-order valence-electron chi connectivity index (χ4n) is 0.731. The number of carbonyl (C=O) groups excluding carboxylic acids is 2. The van der Waals surface area contributed by atoms with Gasteiger partial charge in [0.2, 0.25) is 0 Å². The minimum absolute atomic E-state index is 0.0600. The molecule has 0 amide bonds. The number of epoxide rings is 1. The largest absolute Gasteiger partial charge is 0.353 e. The van der Waals surface area contributed by atoms with Gasteiger partial charge in [-0.2, -0.15) is 0 Å². The summed E-state index contributed by atoms with van der Waals surface area (Å²) in [4.78, 5) is 20.9.